The molecule has 1 aromatic rings. The summed E-state index contributed by atoms with van der Waals surface area (Å²) in [5, 5.41) is 3.43. The number of rotatable bonds is 5. The van der Waals surface area contributed by atoms with Crippen molar-refractivity contribution < 1.29 is 4.79 Å². The predicted octanol–water partition coefficient (Wildman–Crippen LogP) is 1.37. The summed E-state index contributed by atoms with van der Waals surface area (Å²) in [6.07, 6.45) is 4.11. The monoisotopic (exact) mass is 269 g/mol. The molecule has 0 radical (unpaired) electrons. The van der Waals surface area contributed by atoms with Crippen molar-refractivity contribution in [1.82, 2.24) is 15.2 Å². The molecule has 4 nitrogen and oxygen atoms in total. The van der Waals surface area contributed by atoms with Crippen LogP contribution in [0.4, 0.5) is 0 Å². The van der Waals surface area contributed by atoms with Crippen LogP contribution in [0.2, 0.25) is 0 Å². The molecular formula is C13H20ClN3O. The van der Waals surface area contributed by atoms with Crippen LogP contribution in [0, 0.1) is 0 Å². The van der Waals surface area contributed by atoms with Crippen molar-refractivity contribution in [2.75, 3.05) is 26.7 Å². The first-order chi connectivity index (χ1) is 8.25. The van der Waals surface area contributed by atoms with Gasteiger partial charge in [-0.05, 0) is 38.6 Å². The number of carbonyl (C=O) groups is 1. The van der Waals surface area contributed by atoms with Gasteiger partial charge >= 0.3 is 0 Å². The van der Waals surface area contributed by atoms with E-state index in [0.29, 0.717) is 18.3 Å². The molecule has 0 spiro atoms. The molecule has 1 saturated heterocycles. The Hall–Kier alpha value is -0.970. The zero-order valence-electron chi connectivity index (χ0n) is 10.6. The lowest BCUT2D eigenvalue weighted by molar-refractivity contribution is 0.0937. The summed E-state index contributed by atoms with van der Waals surface area (Å²) in [5.41, 5.74) is 0.554. The van der Waals surface area contributed by atoms with E-state index in [1.54, 1.807) is 12.3 Å². The smallest absolute Gasteiger partial charge is 0.195 e. The number of likely N-dealkylation sites (N-methyl/N-ethyl adjacent to an activating group) is 1. The molecule has 1 unspecified atom stereocenters. The van der Waals surface area contributed by atoms with Gasteiger partial charge in [-0.15, -0.1) is 12.4 Å². The van der Waals surface area contributed by atoms with E-state index < -0.39 is 0 Å². The Kier molecular flexibility index (Phi) is 6.25. The van der Waals surface area contributed by atoms with Crippen LogP contribution in [-0.4, -0.2) is 48.4 Å². The summed E-state index contributed by atoms with van der Waals surface area (Å²) < 4.78 is 0. The molecule has 2 rings (SSSR count). The van der Waals surface area contributed by atoms with Crippen LogP contribution in [0.25, 0.3) is 0 Å². The van der Waals surface area contributed by atoms with Crippen molar-refractivity contribution in [3.05, 3.63) is 30.1 Å². The van der Waals surface area contributed by atoms with Crippen LogP contribution in [0.3, 0.4) is 0 Å². The van der Waals surface area contributed by atoms with Crippen molar-refractivity contribution >= 4 is 18.2 Å². The number of Topliss-reactive ketones (excluding diaryl/α,β-unsaturated/α-hetero) is 1. The summed E-state index contributed by atoms with van der Waals surface area (Å²) in [4.78, 5) is 18.0. The van der Waals surface area contributed by atoms with Gasteiger partial charge in [-0.25, -0.2) is 0 Å². The third-order valence-corrected chi connectivity index (χ3v) is 3.06. The maximum absolute atomic E-state index is 11.9. The molecular weight excluding hydrogens is 250 g/mol. The number of carbonyl (C=O) groups excluding carboxylic acids is 1. The molecule has 0 amide bonds. The molecule has 0 saturated carbocycles. The first kappa shape index (κ1) is 15.1. The lowest BCUT2D eigenvalue weighted by Crippen LogP contribution is -2.37. The van der Waals surface area contributed by atoms with E-state index >= 15 is 0 Å². The van der Waals surface area contributed by atoms with Crippen molar-refractivity contribution in [1.29, 1.82) is 0 Å². The number of halogens is 1. The van der Waals surface area contributed by atoms with Gasteiger partial charge < -0.3 is 5.32 Å². The van der Waals surface area contributed by atoms with Crippen LogP contribution in [0.5, 0.6) is 0 Å². The second-order valence-electron chi connectivity index (χ2n) is 4.63. The van der Waals surface area contributed by atoms with E-state index in [-0.39, 0.29) is 18.2 Å². The summed E-state index contributed by atoms with van der Waals surface area (Å²) >= 11 is 0. The molecule has 1 aromatic heterocycles. The molecule has 5 heteroatoms. The highest BCUT2D eigenvalue weighted by Crippen LogP contribution is 2.06. The first-order valence-electron chi connectivity index (χ1n) is 6.12. The van der Waals surface area contributed by atoms with E-state index in [0.717, 1.165) is 13.1 Å². The highest BCUT2D eigenvalue weighted by Gasteiger charge is 2.17. The van der Waals surface area contributed by atoms with E-state index in [2.05, 4.69) is 15.2 Å². The van der Waals surface area contributed by atoms with Gasteiger partial charge in [-0.1, -0.05) is 6.07 Å². The van der Waals surface area contributed by atoms with Crippen LogP contribution < -0.4 is 5.32 Å². The third-order valence-electron chi connectivity index (χ3n) is 3.06. The number of hydrogen-bond donors (Lipinski definition) is 1. The Morgan fingerprint density at radius 2 is 2.39 bits per heavy atom. The zero-order chi connectivity index (χ0) is 12.1. The van der Waals surface area contributed by atoms with Gasteiger partial charge in [0.05, 0.1) is 6.54 Å². The largest absolute Gasteiger partial charge is 0.313 e. The summed E-state index contributed by atoms with van der Waals surface area (Å²) in [5.74, 6) is 0.0890. The molecule has 1 fully saturated rings. The average Bonchev–Trinajstić information content (AvgIpc) is 2.82. The van der Waals surface area contributed by atoms with Gasteiger partial charge in [0.15, 0.2) is 5.78 Å². The van der Waals surface area contributed by atoms with Crippen LogP contribution >= 0.6 is 12.4 Å². The number of pyridine rings is 1. The lowest BCUT2D eigenvalue weighted by Gasteiger charge is -2.20. The highest BCUT2D eigenvalue weighted by molar-refractivity contribution is 5.95. The maximum Gasteiger partial charge on any atom is 0.195 e. The quantitative estimate of drug-likeness (QED) is 0.820. The molecule has 1 atom stereocenters. The van der Waals surface area contributed by atoms with Gasteiger partial charge in [-0.3, -0.25) is 14.7 Å². The van der Waals surface area contributed by atoms with Crippen LogP contribution in [0.15, 0.2) is 24.4 Å². The van der Waals surface area contributed by atoms with Crippen molar-refractivity contribution in [2.24, 2.45) is 0 Å². The van der Waals surface area contributed by atoms with Crippen LogP contribution in [0.1, 0.15) is 23.3 Å². The second-order valence-corrected chi connectivity index (χ2v) is 4.63. The molecule has 0 aliphatic carbocycles. The van der Waals surface area contributed by atoms with E-state index in [9.17, 15) is 4.79 Å². The van der Waals surface area contributed by atoms with Gasteiger partial charge in [0.1, 0.15) is 5.69 Å². The molecule has 1 aliphatic rings. The lowest BCUT2D eigenvalue weighted by atomic mass is 10.2. The SMILES string of the molecule is CN(CC(=O)c1ccccn1)CC1CCCN1.Cl. The third kappa shape index (κ3) is 4.37. The standard InChI is InChI=1S/C13H19N3O.ClH/c1-16(9-11-5-4-8-14-11)10-13(17)12-6-2-3-7-15-12;/h2-3,6-7,11,14H,4-5,8-10H2,1H3;1H. The van der Waals surface area contributed by atoms with E-state index in [4.69, 9.17) is 0 Å². The summed E-state index contributed by atoms with van der Waals surface area (Å²) in [6.45, 7) is 2.47. The number of ketones is 1. The van der Waals surface area contributed by atoms with Gasteiger partial charge in [0.25, 0.3) is 0 Å². The molecule has 1 N–H and O–H groups in total. The Bertz CT molecular complexity index is 366. The van der Waals surface area contributed by atoms with Crippen molar-refractivity contribution in [3.8, 4) is 0 Å². The van der Waals surface area contributed by atoms with Gasteiger partial charge in [0, 0.05) is 18.8 Å². The summed E-state index contributed by atoms with van der Waals surface area (Å²) in [7, 11) is 1.99. The minimum Gasteiger partial charge on any atom is -0.313 e. The number of nitrogens with zero attached hydrogens (tertiary/aromatic N) is 2. The Morgan fingerprint density at radius 3 is 3.00 bits per heavy atom. The number of aromatic nitrogens is 1. The fourth-order valence-electron chi connectivity index (χ4n) is 2.21. The Morgan fingerprint density at radius 1 is 1.56 bits per heavy atom. The van der Waals surface area contributed by atoms with E-state index in [1.807, 2.05) is 19.2 Å². The topological polar surface area (TPSA) is 45.2 Å². The molecule has 18 heavy (non-hydrogen) atoms. The van der Waals surface area contributed by atoms with Crippen molar-refractivity contribution in [2.45, 2.75) is 18.9 Å². The predicted molar refractivity (Wildman–Crippen MR) is 74.3 cm³/mol. The molecule has 0 bridgehead atoms. The summed E-state index contributed by atoms with van der Waals surface area (Å²) in [6, 6.07) is 5.97. The number of hydrogen-bond acceptors (Lipinski definition) is 4. The Labute approximate surface area is 114 Å². The van der Waals surface area contributed by atoms with E-state index in [1.165, 1.54) is 12.8 Å². The second kappa shape index (κ2) is 7.46. The zero-order valence-corrected chi connectivity index (χ0v) is 11.4. The Balaban J connectivity index is 0.00000162. The highest BCUT2D eigenvalue weighted by atomic mass is 35.5. The molecule has 2 heterocycles. The van der Waals surface area contributed by atoms with Crippen LogP contribution in [-0.2, 0) is 0 Å². The average molecular weight is 270 g/mol. The van der Waals surface area contributed by atoms with Gasteiger partial charge in [-0.2, -0.15) is 0 Å². The minimum absolute atomic E-state index is 0. The minimum atomic E-state index is 0. The van der Waals surface area contributed by atoms with Crippen molar-refractivity contribution in [3.63, 3.8) is 0 Å². The number of nitrogens with one attached hydrogen (secondary N) is 1. The fourth-order valence-corrected chi connectivity index (χ4v) is 2.21. The molecule has 0 aromatic carbocycles. The normalized spacial score (nSPS) is 18.7. The maximum atomic E-state index is 11.9. The first-order valence-corrected chi connectivity index (χ1v) is 6.12. The molecule has 100 valence electrons. The molecule has 1 aliphatic heterocycles. The fraction of sp³-hybridized carbons (Fsp3) is 0.538. The van der Waals surface area contributed by atoms with Gasteiger partial charge in [0.2, 0.25) is 0 Å².